The Labute approximate surface area is 116 Å². The van der Waals surface area contributed by atoms with Crippen LogP contribution in [0, 0.1) is 17.2 Å². The van der Waals surface area contributed by atoms with Crippen LogP contribution in [0.15, 0.2) is 24.3 Å². The van der Waals surface area contributed by atoms with E-state index in [0.29, 0.717) is 6.04 Å². The number of hydrogen-bond donors (Lipinski definition) is 1. The van der Waals surface area contributed by atoms with Crippen molar-refractivity contribution < 1.29 is 0 Å². The van der Waals surface area contributed by atoms with Crippen molar-refractivity contribution in [3.8, 4) is 6.07 Å². The third-order valence-electron chi connectivity index (χ3n) is 4.07. The van der Waals surface area contributed by atoms with Crippen LogP contribution in [0.4, 0.5) is 0 Å². The van der Waals surface area contributed by atoms with Crippen molar-refractivity contribution in [2.24, 2.45) is 5.92 Å². The molecule has 1 aliphatic heterocycles. The lowest BCUT2D eigenvalue weighted by atomic mass is 10.0. The molecule has 19 heavy (non-hydrogen) atoms. The summed E-state index contributed by atoms with van der Waals surface area (Å²) in [4.78, 5) is 2.51. The summed E-state index contributed by atoms with van der Waals surface area (Å²) in [6, 6.07) is 10.4. The van der Waals surface area contributed by atoms with Gasteiger partial charge in [-0.25, -0.2) is 0 Å². The maximum atomic E-state index is 8.79. The highest BCUT2D eigenvalue weighted by Crippen LogP contribution is 2.17. The number of benzene rings is 1. The first-order valence-electron chi connectivity index (χ1n) is 7.18. The smallest absolute Gasteiger partial charge is 0.0991 e. The van der Waals surface area contributed by atoms with Crippen LogP contribution in [0.5, 0.6) is 0 Å². The lowest BCUT2D eigenvalue weighted by molar-refractivity contribution is 0.336. The Bertz CT molecular complexity index is 432. The van der Waals surface area contributed by atoms with Gasteiger partial charge in [0.25, 0.3) is 0 Å². The van der Waals surface area contributed by atoms with E-state index in [2.05, 4.69) is 30.1 Å². The fourth-order valence-corrected chi connectivity index (χ4v) is 2.67. The first-order chi connectivity index (χ1) is 9.22. The molecule has 0 amide bonds. The fourth-order valence-electron chi connectivity index (χ4n) is 2.67. The second-order valence-corrected chi connectivity index (χ2v) is 5.41. The van der Waals surface area contributed by atoms with Gasteiger partial charge in [-0.1, -0.05) is 19.1 Å². The van der Waals surface area contributed by atoms with E-state index < -0.39 is 0 Å². The fraction of sp³-hybridized carbons (Fsp3) is 0.562. The number of nitrogens with one attached hydrogen (secondary N) is 1. The summed E-state index contributed by atoms with van der Waals surface area (Å²) >= 11 is 0. The van der Waals surface area contributed by atoms with E-state index in [9.17, 15) is 0 Å². The SMILES string of the molecule is CCN1CCC(CNC(C)c2ccc(C#N)cc2)C1. The molecule has 1 N–H and O–H groups in total. The van der Waals surface area contributed by atoms with E-state index in [0.717, 1.165) is 18.0 Å². The Hall–Kier alpha value is -1.37. The highest BCUT2D eigenvalue weighted by atomic mass is 15.1. The third-order valence-corrected chi connectivity index (χ3v) is 4.07. The Morgan fingerprint density at radius 3 is 2.74 bits per heavy atom. The molecule has 0 aliphatic carbocycles. The lowest BCUT2D eigenvalue weighted by Crippen LogP contribution is -2.28. The van der Waals surface area contributed by atoms with Gasteiger partial charge in [0.2, 0.25) is 0 Å². The van der Waals surface area contributed by atoms with Gasteiger partial charge in [0, 0.05) is 12.6 Å². The van der Waals surface area contributed by atoms with E-state index in [-0.39, 0.29) is 0 Å². The predicted octanol–water partition coefficient (Wildman–Crippen LogP) is 2.55. The normalized spacial score (nSPS) is 21.2. The molecule has 0 spiro atoms. The van der Waals surface area contributed by atoms with Crippen molar-refractivity contribution in [1.82, 2.24) is 10.2 Å². The summed E-state index contributed by atoms with van der Waals surface area (Å²) in [7, 11) is 0. The molecular weight excluding hydrogens is 234 g/mol. The first-order valence-corrected chi connectivity index (χ1v) is 7.18. The monoisotopic (exact) mass is 257 g/mol. The van der Waals surface area contributed by atoms with Gasteiger partial charge < -0.3 is 10.2 Å². The predicted molar refractivity (Wildman–Crippen MR) is 77.8 cm³/mol. The summed E-state index contributed by atoms with van der Waals surface area (Å²) in [6.07, 6.45) is 1.31. The minimum Gasteiger partial charge on any atom is -0.310 e. The van der Waals surface area contributed by atoms with Gasteiger partial charge in [-0.05, 0) is 56.6 Å². The van der Waals surface area contributed by atoms with Crippen LogP contribution in [0.25, 0.3) is 0 Å². The molecule has 0 aromatic heterocycles. The molecule has 1 fully saturated rings. The van der Waals surface area contributed by atoms with Crippen LogP contribution in [-0.4, -0.2) is 31.1 Å². The minimum atomic E-state index is 0.350. The van der Waals surface area contributed by atoms with Gasteiger partial charge >= 0.3 is 0 Å². The molecular formula is C16H23N3. The molecule has 1 heterocycles. The maximum absolute atomic E-state index is 8.79. The van der Waals surface area contributed by atoms with Crippen molar-refractivity contribution in [2.75, 3.05) is 26.2 Å². The average Bonchev–Trinajstić information content (AvgIpc) is 2.93. The van der Waals surface area contributed by atoms with Gasteiger partial charge in [0.05, 0.1) is 11.6 Å². The number of rotatable bonds is 5. The summed E-state index contributed by atoms with van der Waals surface area (Å²) < 4.78 is 0. The van der Waals surface area contributed by atoms with Crippen molar-refractivity contribution in [3.63, 3.8) is 0 Å². The summed E-state index contributed by atoms with van der Waals surface area (Å²) in [5.41, 5.74) is 1.98. The molecule has 3 heteroatoms. The minimum absolute atomic E-state index is 0.350. The second kappa shape index (κ2) is 6.70. The third kappa shape index (κ3) is 3.79. The number of nitriles is 1. The van der Waals surface area contributed by atoms with Crippen LogP contribution in [0.2, 0.25) is 0 Å². The zero-order chi connectivity index (χ0) is 13.7. The van der Waals surface area contributed by atoms with Crippen molar-refractivity contribution in [1.29, 1.82) is 5.26 Å². The van der Waals surface area contributed by atoms with E-state index in [1.807, 2.05) is 24.3 Å². The van der Waals surface area contributed by atoms with Gasteiger partial charge in [-0.15, -0.1) is 0 Å². The van der Waals surface area contributed by atoms with E-state index in [1.54, 1.807) is 0 Å². The highest BCUT2D eigenvalue weighted by molar-refractivity contribution is 5.32. The molecule has 2 rings (SSSR count). The number of likely N-dealkylation sites (tertiary alicyclic amines) is 1. The summed E-state index contributed by atoms with van der Waals surface area (Å²) in [5.74, 6) is 0.779. The van der Waals surface area contributed by atoms with Gasteiger partial charge in [-0.3, -0.25) is 0 Å². The summed E-state index contributed by atoms with van der Waals surface area (Å²) in [5, 5.41) is 12.4. The molecule has 102 valence electrons. The summed E-state index contributed by atoms with van der Waals surface area (Å²) in [6.45, 7) is 9.14. The van der Waals surface area contributed by atoms with Crippen molar-refractivity contribution >= 4 is 0 Å². The molecule has 1 aromatic carbocycles. The zero-order valence-corrected chi connectivity index (χ0v) is 11.9. The van der Waals surface area contributed by atoms with Crippen LogP contribution in [-0.2, 0) is 0 Å². The standard InChI is InChI=1S/C16H23N3/c1-3-19-9-8-15(12-19)11-18-13(2)16-6-4-14(10-17)5-7-16/h4-7,13,15,18H,3,8-9,11-12H2,1-2H3. The zero-order valence-electron chi connectivity index (χ0n) is 11.9. The molecule has 1 saturated heterocycles. The Morgan fingerprint density at radius 1 is 1.42 bits per heavy atom. The van der Waals surface area contributed by atoms with Crippen LogP contribution < -0.4 is 5.32 Å². The Kier molecular flexibility index (Phi) is 4.95. The molecule has 2 unspecified atom stereocenters. The Morgan fingerprint density at radius 2 is 2.16 bits per heavy atom. The molecule has 0 radical (unpaired) electrons. The molecule has 0 saturated carbocycles. The van der Waals surface area contributed by atoms with E-state index in [4.69, 9.17) is 5.26 Å². The quantitative estimate of drug-likeness (QED) is 0.881. The van der Waals surface area contributed by atoms with E-state index >= 15 is 0 Å². The largest absolute Gasteiger partial charge is 0.310 e. The van der Waals surface area contributed by atoms with Gasteiger partial charge in [0.15, 0.2) is 0 Å². The van der Waals surface area contributed by atoms with Gasteiger partial charge in [0.1, 0.15) is 0 Å². The van der Waals surface area contributed by atoms with E-state index in [1.165, 1.54) is 31.6 Å². The lowest BCUT2D eigenvalue weighted by Gasteiger charge is -2.18. The van der Waals surface area contributed by atoms with Crippen molar-refractivity contribution in [3.05, 3.63) is 35.4 Å². The maximum Gasteiger partial charge on any atom is 0.0991 e. The first kappa shape index (κ1) is 14.0. The topological polar surface area (TPSA) is 39.1 Å². The highest BCUT2D eigenvalue weighted by Gasteiger charge is 2.21. The van der Waals surface area contributed by atoms with Crippen molar-refractivity contribution in [2.45, 2.75) is 26.3 Å². The number of hydrogen-bond acceptors (Lipinski definition) is 3. The Balaban J connectivity index is 1.81. The van der Waals surface area contributed by atoms with Gasteiger partial charge in [-0.2, -0.15) is 5.26 Å². The molecule has 0 bridgehead atoms. The molecule has 1 aromatic rings. The van der Waals surface area contributed by atoms with Crippen LogP contribution in [0.3, 0.4) is 0 Å². The molecule has 2 atom stereocenters. The average molecular weight is 257 g/mol. The van der Waals surface area contributed by atoms with Crippen LogP contribution in [0.1, 0.15) is 37.4 Å². The second-order valence-electron chi connectivity index (χ2n) is 5.41. The van der Waals surface area contributed by atoms with Crippen LogP contribution >= 0.6 is 0 Å². The molecule has 1 aliphatic rings. The molecule has 3 nitrogen and oxygen atoms in total. The number of nitrogens with zero attached hydrogens (tertiary/aromatic N) is 2.